The average Bonchev–Trinajstić information content (AvgIpc) is 3.06. The summed E-state index contributed by atoms with van der Waals surface area (Å²) >= 11 is 0. The Labute approximate surface area is 153 Å². The van der Waals surface area contributed by atoms with Gasteiger partial charge in [0.05, 0.1) is 25.7 Å². The van der Waals surface area contributed by atoms with Crippen molar-refractivity contribution in [3.63, 3.8) is 0 Å². The number of hydrogen-bond donors (Lipinski definition) is 2. The van der Waals surface area contributed by atoms with Crippen LogP contribution in [0.3, 0.4) is 0 Å². The summed E-state index contributed by atoms with van der Waals surface area (Å²) in [5, 5.41) is 12.0. The molecule has 0 aliphatic heterocycles. The summed E-state index contributed by atoms with van der Waals surface area (Å²) in [4.78, 5) is 23.7. The number of carboxylic acid groups (broad SMARTS) is 1. The van der Waals surface area contributed by atoms with Gasteiger partial charge in [0.1, 0.15) is 0 Å². The molecule has 0 spiro atoms. The van der Waals surface area contributed by atoms with Crippen molar-refractivity contribution in [1.82, 2.24) is 5.32 Å². The Kier molecular flexibility index (Phi) is 7.12. The van der Waals surface area contributed by atoms with Crippen LogP contribution >= 0.6 is 0 Å². The molecular weight excluding hydrogens is 338 g/mol. The van der Waals surface area contributed by atoms with Crippen LogP contribution in [0.15, 0.2) is 12.1 Å². The Balaban J connectivity index is 2.21. The first-order valence-corrected chi connectivity index (χ1v) is 9.10. The first kappa shape index (κ1) is 19.9. The third-order valence-electron chi connectivity index (χ3n) is 4.29. The highest BCUT2D eigenvalue weighted by molar-refractivity contribution is 5.96. The Morgan fingerprint density at radius 2 is 1.62 bits per heavy atom. The molecule has 7 heteroatoms. The van der Waals surface area contributed by atoms with Crippen molar-refractivity contribution in [1.29, 1.82) is 0 Å². The largest absolute Gasteiger partial charge is 0.490 e. The molecule has 0 unspecified atom stereocenters. The maximum absolute atomic E-state index is 12.6. The van der Waals surface area contributed by atoms with Crippen molar-refractivity contribution >= 4 is 11.9 Å². The summed E-state index contributed by atoms with van der Waals surface area (Å²) in [5.41, 5.74) is 0.402. The molecule has 2 atom stereocenters. The third-order valence-corrected chi connectivity index (χ3v) is 4.29. The van der Waals surface area contributed by atoms with Crippen LogP contribution in [0, 0.1) is 5.92 Å². The number of ether oxygens (including phenoxy) is 3. The van der Waals surface area contributed by atoms with Crippen molar-refractivity contribution < 1.29 is 28.9 Å². The molecule has 2 N–H and O–H groups in total. The second-order valence-electron chi connectivity index (χ2n) is 6.12. The number of aliphatic carboxylic acids is 1. The van der Waals surface area contributed by atoms with Crippen molar-refractivity contribution in [3.8, 4) is 17.2 Å². The molecule has 1 aliphatic rings. The predicted octanol–water partition coefficient (Wildman–Crippen LogP) is 2.87. The van der Waals surface area contributed by atoms with E-state index in [9.17, 15) is 9.59 Å². The Morgan fingerprint density at radius 3 is 2.08 bits per heavy atom. The first-order valence-electron chi connectivity index (χ1n) is 9.10. The molecule has 1 aliphatic carbocycles. The SMILES string of the molecule is CCOc1cc(C(=O)N[C@H]2CC[C@@H](C(=O)O)C2)cc(OCC)c1OCC. The second kappa shape index (κ2) is 9.31. The van der Waals surface area contributed by atoms with Gasteiger partial charge in [0.2, 0.25) is 5.75 Å². The lowest BCUT2D eigenvalue weighted by Gasteiger charge is -2.18. The Morgan fingerprint density at radius 1 is 1.04 bits per heavy atom. The summed E-state index contributed by atoms with van der Waals surface area (Å²) in [6.07, 6.45) is 1.70. The fourth-order valence-electron chi connectivity index (χ4n) is 3.13. The number of rotatable bonds is 9. The summed E-state index contributed by atoms with van der Waals surface area (Å²) in [5.74, 6) is -0.0650. The fourth-order valence-corrected chi connectivity index (χ4v) is 3.13. The highest BCUT2D eigenvalue weighted by Crippen LogP contribution is 2.39. The maximum atomic E-state index is 12.6. The van der Waals surface area contributed by atoms with Crippen molar-refractivity contribution in [3.05, 3.63) is 17.7 Å². The topological polar surface area (TPSA) is 94.1 Å². The van der Waals surface area contributed by atoms with E-state index >= 15 is 0 Å². The van der Waals surface area contributed by atoms with E-state index in [2.05, 4.69) is 5.32 Å². The normalized spacial score (nSPS) is 19.0. The molecule has 1 aromatic carbocycles. The van der Waals surface area contributed by atoms with E-state index in [4.69, 9.17) is 19.3 Å². The molecule has 7 nitrogen and oxygen atoms in total. The van der Waals surface area contributed by atoms with Crippen LogP contribution in [0.1, 0.15) is 50.4 Å². The lowest BCUT2D eigenvalue weighted by molar-refractivity contribution is -0.141. The maximum Gasteiger partial charge on any atom is 0.306 e. The number of carboxylic acids is 1. The standard InChI is InChI=1S/C19H27NO6/c1-4-24-15-10-13(11-16(25-5-2)17(15)26-6-3)18(21)20-14-8-7-12(9-14)19(22)23/h10-12,14H,4-9H2,1-3H3,(H,20,21)(H,22,23)/t12-,14+/m1/s1. The predicted molar refractivity (Wildman–Crippen MR) is 96.2 cm³/mol. The van der Waals surface area contributed by atoms with Gasteiger partial charge in [-0.15, -0.1) is 0 Å². The van der Waals surface area contributed by atoms with Gasteiger partial charge in [-0.3, -0.25) is 9.59 Å². The van der Waals surface area contributed by atoms with Crippen LogP contribution in [-0.2, 0) is 4.79 Å². The first-order chi connectivity index (χ1) is 12.5. The molecule has 26 heavy (non-hydrogen) atoms. The molecule has 2 rings (SSSR count). The van der Waals surface area contributed by atoms with Gasteiger partial charge in [-0.25, -0.2) is 0 Å². The zero-order chi connectivity index (χ0) is 19.1. The lowest BCUT2D eigenvalue weighted by atomic mass is 10.1. The van der Waals surface area contributed by atoms with Crippen LogP contribution in [0.5, 0.6) is 17.2 Å². The molecule has 0 bridgehead atoms. The molecule has 0 aromatic heterocycles. The molecule has 1 aromatic rings. The van der Waals surface area contributed by atoms with Crippen LogP contribution in [0.25, 0.3) is 0 Å². The molecular formula is C19H27NO6. The number of nitrogens with one attached hydrogen (secondary N) is 1. The third kappa shape index (κ3) is 4.80. The Hall–Kier alpha value is -2.44. The van der Waals surface area contributed by atoms with Crippen LogP contribution in [-0.4, -0.2) is 42.8 Å². The van der Waals surface area contributed by atoms with Crippen LogP contribution < -0.4 is 19.5 Å². The van der Waals surface area contributed by atoms with E-state index in [1.807, 2.05) is 20.8 Å². The molecule has 1 amide bonds. The van der Waals surface area contributed by atoms with E-state index in [0.717, 1.165) is 0 Å². The van der Waals surface area contributed by atoms with E-state index < -0.39 is 11.9 Å². The molecule has 0 radical (unpaired) electrons. The van der Waals surface area contributed by atoms with E-state index in [1.165, 1.54) is 0 Å². The molecule has 144 valence electrons. The highest BCUT2D eigenvalue weighted by atomic mass is 16.5. The number of carbonyl (C=O) groups is 2. The van der Waals surface area contributed by atoms with Gasteiger partial charge in [-0.05, 0) is 52.2 Å². The number of benzene rings is 1. The van der Waals surface area contributed by atoms with Gasteiger partial charge in [-0.1, -0.05) is 0 Å². The van der Waals surface area contributed by atoms with Gasteiger partial charge < -0.3 is 24.6 Å². The van der Waals surface area contributed by atoms with Gasteiger partial charge in [0.25, 0.3) is 5.91 Å². The monoisotopic (exact) mass is 365 g/mol. The second-order valence-corrected chi connectivity index (χ2v) is 6.12. The summed E-state index contributed by atoms with van der Waals surface area (Å²) in [6.45, 7) is 6.88. The van der Waals surface area contributed by atoms with Gasteiger partial charge >= 0.3 is 5.97 Å². The summed E-state index contributed by atoms with van der Waals surface area (Å²) in [6, 6.07) is 3.13. The van der Waals surface area contributed by atoms with Crippen molar-refractivity contribution in [2.24, 2.45) is 5.92 Å². The molecule has 0 saturated heterocycles. The fraction of sp³-hybridized carbons (Fsp3) is 0.579. The summed E-state index contributed by atoms with van der Waals surface area (Å²) < 4.78 is 16.9. The number of hydrogen-bond acceptors (Lipinski definition) is 5. The minimum Gasteiger partial charge on any atom is -0.490 e. The number of carbonyl (C=O) groups excluding carboxylic acids is 1. The lowest BCUT2D eigenvalue weighted by Crippen LogP contribution is -2.33. The van der Waals surface area contributed by atoms with Gasteiger partial charge in [0.15, 0.2) is 11.5 Å². The van der Waals surface area contributed by atoms with E-state index in [0.29, 0.717) is 61.9 Å². The van der Waals surface area contributed by atoms with Crippen LogP contribution in [0.2, 0.25) is 0 Å². The molecule has 1 fully saturated rings. The summed E-state index contributed by atoms with van der Waals surface area (Å²) in [7, 11) is 0. The van der Waals surface area contributed by atoms with Gasteiger partial charge in [0, 0.05) is 11.6 Å². The quantitative estimate of drug-likeness (QED) is 0.699. The smallest absolute Gasteiger partial charge is 0.306 e. The van der Waals surface area contributed by atoms with E-state index in [-0.39, 0.29) is 11.9 Å². The van der Waals surface area contributed by atoms with E-state index in [1.54, 1.807) is 12.1 Å². The minimum atomic E-state index is -0.805. The van der Waals surface area contributed by atoms with Crippen LogP contribution in [0.4, 0.5) is 0 Å². The van der Waals surface area contributed by atoms with Gasteiger partial charge in [-0.2, -0.15) is 0 Å². The number of amides is 1. The zero-order valence-corrected chi connectivity index (χ0v) is 15.5. The zero-order valence-electron chi connectivity index (χ0n) is 15.5. The molecule has 0 heterocycles. The highest BCUT2D eigenvalue weighted by Gasteiger charge is 2.31. The minimum absolute atomic E-state index is 0.138. The average molecular weight is 365 g/mol. The molecule has 1 saturated carbocycles. The van der Waals surface area contributed by atoms with Crippen molar-refractivity contribution in [2.75, 3.05) is 19.8 Å². The van der Waals surface area contributed by atoms with Crippen molar-refractivity contribution in [2.45, 2.75) is 46.1 Å². The Bertz CT molecular complexity index is 618.